The van der Waals surface area contributed by atoms with Crippen LogP contribution in [0, 0.1) is 5.92 Å². The van der Waals surface area contributed by atoms with Crippen LogP contribution in [0.3, 0.4) is 0 Å². The number of aryl methyl sites for hydroxylation is 2. The van der Waals surface area contributed by atoms with Crippen molar-refractivity contribution in [3.8, 4) is 0 Å². The van der Waals surface area contributed by atoms with Gasteiger partial charge in [-0.1, -0.05) is 38.8 Å². The fraction of sp³-hybridized carbons (Fsp3) is 0.786. The predicted molar refractivity (Wildman–Crippen MR) is 78.3 cm³/mol. The number of rotatable bonds is 8. The van der Waals surface area contributed by atoms with Gasteiger partial charge >= 0.3 is 0 Å². The number of hydrogen-bond acceptors (Lipinski definition) is 2. The van der Waals surface area contributed by atoms with E-state index in [1.165, 1.54) is 12.1 Å². The van der Waals surface area contributed by atoms with Gasteiger partial charge in [-0.15, -0.1) is 0 Å². The second kappa shape index (κ2) is 7.80. The smallest absolute Gasteiger partial charge is 0.0849 e. The van der Waals surface area contributed by atoms with E-state index in [9.17, 15) is 0 Å². The van der Waals surface area contributed by atoms with Gasteiger partial charge in [-0.25, -0.2) is 0 Å². The molecule has 1 aromatic heterocycles. The van der Waals surface area contributed by atoms with E-state index in [4.69, 9.17) is 11.6 Å². The van der Waals surface area contributed by atoms with Crippen molar-refractivity contribution in [1.82, 2.24) is 15.1 Å². The Morgan fingerprint density at radius 2 is 2.00 bits per heavy atom. The summed E-state index contributed by atoms with van der Waals surface area (Å²) in [6.07, 6.45) is 3.09. The highest BCUT2D eigenvalue weighted by Gasteiger charge is 2.17. The van der Waals surface area contributed by atoms with Gasteiger partial charge in [-0.3, -0.25) is 4.68 Å². The molecule has 0 fully saturated rings. The maximum absolute atomic E-state index is 6.44. The van der Waals surface area contributed by atoms with Crippen LogP contribution in [0.5, 0.6) is 0 Å². The van der Waals surface area contributed by atoms with E-state index >= 15 is 0 Å². The third-order valence-corrected chi connectivity index (χ3v) is 3.87. The summed E-state index contributed by atoms with van der Waals surface area (Å²) in [6, 6.07) is 0. The highest BCUT2D eigenvalue weighted by atomic mass is 35.5. The van der Waals surface area contributed by atoms with Gasteiger partial charge in [0.05, 0.1) is 16.4 Å². The van der Waals surface area contributed by atoms with Gasteiger partial charge in [0.2, 0.25) is 0 Å². The lowest BCUT2D eigenvalue weighted by molar-refractivity contribution is 0.449. The summed E-state index contributed by atoms with van der Waals surface area (Å²) in [5.74, 6) is 0.633. The second-order valence-electron chi connectivity index (χ2n) is 4.66. The first-order chi connectivity index (χ1) is 8.67. The quantitative estimate of drug-likeness (QED) is 0.786. The molecule has 18 heavy (non-hydrogen) atoms. The van der Waals surface area contributed by atoms with Crippen molar-refractivity contribution in [3.05, 3.63) is 16.4 Å². The van der Waals surface area contributed by atoms with E-state index in [-0.39, 0.29) is 0 Å². The molecular formula is C14H26ClN3. The van der Waals surface area contributed by atoms with Crippen LogP contribution in [-0.4, -0.2) is 22.9 Å². The first kappa shape index (κ1) is 15.5. The Bertz CT molecular complexity index is 360. The van der Waals surface area contributed by atoms with Crippen molar-refractivity contribution < 1.29 is 0 Å². The number of nitrogens with one attached hydrogen (secondary N) is 1. The van der Waals surface area contributed by atoms with E-state index in [0.29, 0.717) is 5.92 Å². The van der Waals surface area contributed by atoms with E-state index < -0.39 is 0 Å². The first-order valence-electron chi connectivity index (χ1n) is 7.12. The molecule has 1 heterocycles. The van der Waals surface area contributed by atoms with Crippen molar-refractivity contribution in [2.45, 2.75) is 53.5 Å². The van der Waals surface area contributed by atoms with Gasteiger partial charge in [0.15, 0.2) is 0 Å². The Balaban J connectivity index is 2.83. The largest absolute Gasteiger partial charge is 0.317 e. The van der Waals surface area contributed by atoms with E-state index in [1.807, 2.05) is 0 Å². The van der Waals surface area contributed by atoms with Gasteiger partial charge in [0.1, 0.15) is 0 Å². The molecular weight excluding hydrogens is 246 g/mol. The third-order valence-electron chi connectivity index (χ3n) is 3.44. The Hall–Kier alpha value is -0.540. The average Bonchev–Trinajstić information content (AvgIpc) is 2.70. The first-order valence-corrected chi connectivity index (χ1v) is 7.50. The van der Waals surface area contributed by atoms with Crippen LogP contribution >= 0.6 is 11.6 Å². The molecule has 0 saturated heterocycles. The lowest BCUT2D eigenvalue weighted by atomic mass is 10.00. The Kier molecular flexibility index (Phi) is 6.72. The topological polar surface area (TPSA) is 29.9 Å². The molecule has 1 N–H and O–H groups in total. The molecule has 1 rings (SSSR count). The van der Waals surface area contributed by atoms with Crippen LogP contribution in [0.2, 0.25) is 5.02 Å². The zero-order valence-corrected chi connectivity index (χ0v) is 12.8. The predicted octanol–water partition coefficient (Wildman–Crippen LogP) is 3.30. The molecule has 1 atom stereocenters. The molecule has 104 valence electrons. The monoisotopic (exact) mass is 271 g/mol. The number of halogens is 1. The van der Waals surface area contributed by atoms with Crippen molar-refractivity contribution in [1.29, 1.82) is 0 Å². The Morgan fingerprint density at radius 3 is 2.50 bits per heavy atom. The molecule has 4 heteroatoms. The molecule has 0 aliphatic heterocycles. The standard InChI is InChI=1S/C14H26ClN3/c1-5-11(10-16-7-3)9-13-14(15)12(6-2)17-18(13)8-4/h11,16H,5-10H2,1-4H3. The summed E-state index contributed by atoms with van der Waals surface area (Å²) in [5, 5.41) is 8.89. The summed E-state index contributed by atoms with van der Waals surface area (Å²) < 4.78 is 2.07. The van der Waals surface area contributed by atoms with Gasteiger partial charge in [0, 0.05) is 6.54 Å². The van der Waals surface area contributed by atoms with Crippen LogP contribution < -0.4 is 5.32 Å². The average molecular weight is 272 g/mol. The molecule has 0 spiro atoms. The lowest BCUT2D eigenvalue weighted by Gasteiger charge is -2.16. The molecule has 1 aromatic rings. The minimum atomic E-state index is 0.633. The van der Waals surface area contributed by atoms with Crippen LogP contribution in [-0.2, 0) is 19.4 Å². The van der Waals surface area contributed by atoms with Crippen LogP contribution in [0.1, 0.15) is 45.5 Å². The number of hydrogen-bond donors (Lipinski definition) is 1. The molecule has 0 amide bonds. The van der Waals surface area contributed by atoms with Crippen molar-refractivity contribution >= 4 is 11.6 Å². The van der Waals surface area contributed by atoms with Gasteiger partial charge in [-0.2, -0.15) is 5.10 Å². The molecule has 0 saturated carbocycles. The minimum Gasteiger partial charge on any atom is -0.317 e. The van der Waals surface area contributed by atoms with E-state index in [0.717, 1.165) is 43.2 Å². The SMILES string of the molecule is CCNCC(CC)Cc1c(Cl)c(CC)nn1CC. The number of aromatic nitrogens is 2. The summed E-state index contributed by atoms with van der Waals surface area (Å²) in [5.41, 5.74) is 2.24. The van der Waals surface area contributed by atoms with Crippen LogP contribution in [0.25, 0.3) is 0 Å². The van der Waals surface area contributed by atoms with Crippen molar-refractivity contribution in [3.63, 3.8) is 0 Å². The Morgan fingerprint density at radius 1 is 1.28 bits per heavy atom. The fourth-order valence-corrected chi connectivity index (χ4v) is 2.54. The zero-order chi connectivity index (χ0) is 13.5. The number of nitrogens with zero attached hydrogens (tertiary/aromatic N) is 2. The maximum atomic E-state index is 6.44. The summed E-state index contributed by atoms with van der Waals surface area (Å²) in [6.45, 7) is 11.6. The third kappa shape index (κ3) is 3.72. The molecule has 0 aliphatic rings. The molecule has 0 aromatic carbocycles. The van der Waals surface area contributed by atoms with Crippen molar-refractivity contribution in [2.75, 3.05) is 13.1 Å². The van der Waals surface area contributed by atoms with Crippen molar-refractivity contribution in [2.24, 2.45) is 5.92 Å². The Labute approximate surface area is 116 Å². The molecule has 3 nitrogen and oxygen atoms in total. The minimum absolute atomic E-state index is 0.633. The van der Waals surface area contributed by atoms with Crippen LogP contribution in [0.15, 0.2) is 0 Å². The highest BCUT2D eigenvalue weighted by Crippen LogP contribution is 2.25. The van der Waals surface area contributed by atoms with E-state index in [2.05, 4.69) is 42.8 Å². The second-order valence-corrected chi connectivity index (χ2v) is 5.04. The molecule has 0 aliphatic carbocycles. The molecule has 0 bridgehead atoms. The molecule has 1 unspecified atom stereocenters. The van der Waals surface area contributed by atoms with Gasteiger partial charge in [0.25, 0.3) is 0 Å². The normalized spacial score (nSPS) is 12.9. The van der Waals surface area contributed by atoms with Gasteiger partial charge < -0.3 is 5.32 Å². The summed E-state index contributed by atoms with van der Waals surface area (Å²) in [7, 11) is 0. The zero-order valence-electron chi connectivity index (χ0n) is 12.1. The van der Waals surface area contributed by atoms with Gasteiger partial charge in [-0.05, 0) is 38.8 Å². The van der Waals surface area contributed by atoms with E-state index in [1.54, 1.807) is 0 Å². The lowest BCUT2D eigenvalue weighted by Crippen LogP contribution is -2.24. The fourth-order valence-electron chi connectivity index (χ4n) is 2.20. The summed E-state index contributed by atoms with van der Waals surface area (Å²) >= 11 is 6.44. The summed E-state index contributed by atoms with van der Waals surface area (Å²) in [4.78, 5) is 0. The highest BCUT2D eigenvalue weighted by molar-refractivity contribution is 6.31. The van der Waals surface area contributed by atoms with Crippen LogP contribution in [0.4, 0.5) is 0 Å². The molecule has 0 radical (unpaired) electrons. The maximum Gasteiger partial charge on any atom is 0.0849 e.